The van der Waals surface area contributed by atoms with E-state index in [9.17, 15) is 0 Å². The molecule has 0 aromatic carbocycles. The van der Waals surface area contributed by atoms with E-state index in [-0.39, 0.29) is 0 Å². The number of hydrogen-bond donors (Lipinski definition) is 1. The van der Waals surface area contributed by atoms with Crippen molar-refractivity contribution in [2.24, 2.45) is 17.8 Å². The van der Waals surface area contributed by atoms with Gasteiger partial charge in [0.2, 0.25) is 0 Å². The summed E-state index contributed by atoms with van der Waals surface area (Å²) in [5.41, 5.74) is 3.16. The van der Waals surface area contributed by atoms with Crippen LogP contribution in [0, 0.1) is 24.7 Å². The zero-order chi connectivity index (χ0) is 11.8. The third kappa shape index (κ3) is 2.71. The molecule has 0 bridgehead atoms. The lowest BCUT2D eigenvalue weighted by Gasteiger charge is -2.20. The van der Waals surface area contributed by atoms with E-state index < -0.39 is 0 Å². The fourth-order valence-electron chi connectivity index (χ4n) is 2.90. The molecule has 2 fully saturated rings. The molecular weight excluding hydrogens is 228 g/mol. The summed E-state index contributed by atoms with van der Waals surface area (Å²) in [4.78, 5) is 5.75. The Morgan fingerprint density at radius 1 is 1.35 bits per heavy atom. The highest BCUT2D eigenvalue weighted by Gasteiger charge is 2.41. The molecule has 1 aromatic rings. The van der Waals surface area contributed by atoms with Crippen LogP contribution in [0.25, 0.3) is 0 Å². The summed E-state index contributed by atoms with van der Waals surface area (Å²) in [5, 5.41) is 3.74. The summed E-state index contributed by atoms with van der Waals surface area (Å²) in [5.74, 6) is 3.06. The largest absolute Gasteiger partial charge is 0.309 e. The minimum atomic E-state index is 0.475. The van der Waals surface area contributed by atoms with Crippen molar-refractivity contribution in [3.05, 3.63) is 16.1 Å². The maximum atomic E-state index is 4.34. The lowest BCUT2D eigenvalue weighted by Crippen LogP contribution is -2.28. The van der Waals surface area contributed by atoms with Gasteiger partial charge in [0.1, 0.15) is 0 Å². The van der Waals surface area contributed by atoms with Gasteiger partial charge in [-0.15, -0.1) is 11.3 Å². The first kappa shape index (κ1) is 11.7. The van der Waals surface area contributed by atoms with Crippen molar-refractivity contribution in [2.45, 2.75) is 45.6 Å². The van der Waals surface area contributed by atoms with Crippen molar-refractivity contribution in [3.8, 4) is 0 Å². The fraction of sp³-hybridized carbons (Fsp3) is 0.786. The van der Waals surface area contributed by atoms with E-state index >= 15 is 0 Å². The molecule has 1 heterocycles. The Morgan fingerprint density at radius 3 is 2.47 bits per heavy atom. The second kappa shape index (κ2) is 4.69. The summed E-state index contributed by atoms with van der Waals surface area (Å²) in [6.45, 7) is 5.61. The van der Waals surface area contributed by atoms with E-state index in [4.69, 9.17) is 0 Å². The maximum absolute atomic E-state index is 4.34. The Kier molecular flexibility index (Phi) is 3.22. The molecular formula is C14H22N2S. The third-order valence-electron chi connectivity index (χ3n) is 4.29. The van der Waals surface area contributed by atoms with E-state index in [1.54, 1.807) is 11.3 Å². The van der Waals surface area contributed by atoms with Crippen molar-refractivity contribution < 1.29 is 0 Å². The monoisotopic (exact) mass is 250 g/mol. The summed E-state index contributed by atoms with van der Waals surface area (Å²) in [7, 11) is 0. The van der Waals surface area contributed by atoms with Crippen LogP contribution in [0.3, 0.4) is 0 Å². The van der Waals surface area contributed by atoms with E-state index in [0.717, 1.165) is 17.8 Å². The molecule has 94 valence electrons. The maximum Gasteiger partial charge on any atom is 0.0798 e. The van der Waals surface area contributed by atoms with Crippen LogP contribution in [0.1, 0.15) is 49.2 Å². The van der Waals surface area contributed by atoms with Crippen LogP contribution in [0.5, 0.6) is 0 Å². The van der Waals surface area contributed by atoms with Gasteiger partial charge in [0.05, 0.1) is 11.2 Å². The molecule has 1 aromatic heterocycles. The van der Waals surface area contributed by atoms with Crippen LogP contribution in [-0.4, -0.2) is 11.5 Å². The molecule has 1 unspecified atom stereocenters. The number of nitrogens with zero attached hydrogens (tertiary/aromatic N) is 1. The number of thiazole rings is 1. The average molecular weight is 250 g/mol. The number of aromatic nitrogens is 1. The molecule has 1 N–H and O–H groups in total. The molecule has 17 heavy (non-hydrogen) atoms. The highest BCUT2D eigenvalue weighted by molar-refractivity contribution is 7.09. The fourth-order valence-corrected chi connectivity index (χ4v) is 3.73. The zero-order valence-corrected chi connectivity index (χ0v) is 11.6. The first-order valence-corrected chi connectivity index (χ1v) is 7.77. The van der Waals surface area contributed by atoms with E-state index in [2.05, 4.69) is 24.1 Å². The molecule has 0 spiro atoms. The Hall–Kier alpha value is -0.410. The van der Waals surface area contributed by atoms with Gasteiger partial charge in [-0.1, -0.05) is 0 Å². The highest BCUT2D eigenvalue weighted by Crippen LogP contribution is 2.49. The second-order valence-corrected chi connectivity index (χ2v) is 6.66. The quantitative estimate of drug-likeness (QED) is 0.835. The topological polar surface area (TPSA) is 24.9 Å². The third-order valence-corrected chi connectivity index (χ3v) is 5.40. The molecule has 0 amide bonds. The van der Waals surface area contributed by atoms with Gasteiger partial charge in [-0.25, -0.2) is 4.98 Å². The van der Waals surface area contributed by atoms with Crippen molar-refractivity contribution in [2.75, 3.05) is 6.54 Å². The number of hydrogen-bond acceptors (Lipinski definition) is 3. The Bertz CT molecular complexity index is 367. The molecule has 2 saturated carbocycles. The van der Waals surface area contributed by atoms with Gasteiger partial charge in [-0.3, -0.25) is 0 Å². The van der Waals surface area contributed by atoms with Gasteiger partial charge in [0.15, 0.2) is 0 Å². The minimum Gasteiger partial charge on any atom is -0.309 e. The normalized spacial score (nSPS) is 22.1. The van der Waals surface area contributed by atoms with Crippen LogP contribution in [0.15, 0.2) is 5.51 Å². The lowest BCUT2D eigenvalue weighted by atomic mass is 9.97. The van der Waals surface area contributed by atoms with Crippen LogP contribution >= 0.6 is 11.3 Å². The zero-order valence-electron chi connectivity index (χ0n) is 10.8. The molecule has 3 rings (SSSR count). The highest BCUT2D eigenvalue weighted by atomic mass is 32.1. The van der Waals surface area contributed by atoms with Gasteiger partial charge in [-0.2, -0.15) is 0 Å². The van der Waals surface area contributed by atoms with Crippen LogP contribution < -0.4 is 5.32 Å². The molecule has 2 aliphatic carbocycles. The SMILES string of the molecule is Cc1ncsc1C(C)NCC(C1CC1)C1CC1. The van der Waals surface area contributed by atoms with Crippen LogP contribution in [-0.2, 0) is 0 Å². The molecule has 2 nitrogen and oxygen atoms in total. The van der Waals surface area contributed by atoms with Crippen molar-refractivity contribution in [1.29, 1.82) is 0 Å². The van der Waals surface area contributed by atoms with Crippen LogP contribution in [0.2, 0.25) is 0 Å². The predicted octanol–water partition coefficient (Wildman–Crippen LogP) is 3.54. The Balaban J connectivity index is 1.54. The van der Waals surface area contributed by atoms with Gasteiger partial charge >= 0.3 is 0 Å². The Morgan fingerprint density at radius 2 is 2.00 bits per heavy atom. The molecule has 0 radical (unpaired) electrons. The number of nitrogens with one attached hydrogen (secondary N) is 1. The van der Waals surface area contributed by atoms with Crippen molar-refractivity contribution in [1.82, 2.24) is 10.3 Å². The summed E-state index contributed by atoms with van der Waals surface area (Å²) in [6, 6.07) is 0.475. The number of rotatable bonds is 6. The minimum absolute atomic E-state index is 0.475. The summed E-state index contributed by atoms with van der Waals surface area (Å²) >= 11 is 1.78. The molecule has 1 atom stereocenters. The van der Waals surface area contributed by atoms with E-state index in [1.807, 2.05) is 5.51 Å². The standard InChI is InChI=1S/C14H22N2S/c1-9(14-10(2)16-8-17-14)15-7-13(11-3-4-11)12-5-6-12/h8-9,11-13,15H,3-7H2,1-2H3. The lowest BCUT2D eigenvalue weighted by molar-refractivity contribution is 0.363. The summed E-state index contributed by atoms with van der Waals surface area (Å²) < 4.78 is 0. The number of aryl methyl sites for hydroxylation is 1. The van der Waals surface area contributed by atoms with Crippen molar-refractivity contribution >= 4 is 11.3 Å². The van der Waals surface area contributed by atoms with Gasteiger partial charge in [0, 0.05) is 10.9 Å². The van der Waals surface area contributed by atoms with E-state index in [0.29, 0.717) is 6.04 Å². The molecule has 0 aliphatic heterocycles. The predicted molar refractivity (Wildman–Crippen MR) is 72.2 cm³/mol. The second-order valence-electron chi connectivity index (χ2n) is 5.77. The average Bonchev–Trinajstić information content (AvgIpc) is 3.20. The molecule has 2 aliphatic rings. The molecule has 3 heteroatoms. The molecule has 0 saturated heterocycles. The Labute approximate surface area is 108 Å². The van der Waals surface area contributed by atoms with Crippen molar-refractivity contribution in [3.63, 3.8) is 0 Å². The van der Waals surface area contributed by atoms with E-state index in [1.165, 1.54) is 42.8 Å². The first-order valence-electron chi connectivity index (χ1n) is 6.89. The van der Waals surface area contributed by atoms with Gasteiger partial charge in [0.25, 0.3) is 0 Å². The summed E-state index contributed by atoms with van der Waals surface area (Å²) in [6.07, 6.45) is 5.93. The van der Waals surface area contributed by atoms with Gasteiger partial charge in [-0.05, 0) is 63.8 Å². The smallest absolute Gasteiger partial charge is 0.0798 e. The van der Waals surface area contributed by atoms with Crippen LogP contribution in [0.4, 0.5) is 0 Å². The first-order chi connectivity index (χ1) is 8.25. The van der Waals surface area contributed by atoms with Gasteiger partial charge < -0.3 is 5.32 Å².